The zero-order valence-electron chi connectivity index (χ0n) is 14.7. The predicted octanol–water partition coefficient (Wildman–Crippen LogP) is 3.43. The van der Waals surface area contributed by atoms with Gasteiger partial charge in [0.2, 0.25) is 5.91 Å². The molecule has 27 heavy (non-hydrogen) atoms. The van der Waals surface area contributed by atoms with Gasteiger partial charge in [-0.15, -0.1) is 11.3 Å². The summed E-state index contributed by atoms with van der Waals surface area (Å²) in [5.74, 6) is -0.799. The molecule has 4 rings (SSSR count). The topological polar surface area (TPSA) is 78.5 Å². The first kappa shape index (κ1) is 18.0. The zero-order chi connectivity index (χ0) is 19.2. The molecule has 1 aromatic carbocycles. The van der Waals surface area contributed by atoms with Gasteiger partial charge in [0, 0.05) is 21.2 Å². The van der Waals surface area contributed by atoms with E-state index in [4.69, 9.17) is 11.6 Å². The molecule has 2 heterocycles. The second kappa shape index (κ2) is 6.65. The lowest BCUT2D eigenvalue weighted by Gasteiger charge is -2.31. The van der Waals surface area contributed by atoms with E-state index in [-0.39, 0.29) is 12.5 Å². The lowest BCUT2D eigenvalue weighted by molar-refractivity contribution is -0.134. The summed E-state index contributed by atoms with van der Waals surface area (Å²) in [5, 5.41) is 8.05. The van der Waals surface area contributed by atoms with E-state index >= 15 is 0 Å². The zero-order valence-corrected chi connectivity index (χ0v) is 16.2. The number of aryl methyl sites for hydroxylation is 1. The number of imide groups is 1. The van der Waals surface area contributed by atoms with Gasteiger partial charge in [-0.3, -0.25) is 14.5 Å². The van der Waals surface area contributed by atoms with E-state index in [9.17, 15) is 14.4 Å². The van der Waals surface area contributed by atoms with E-state index in [1.54, 1.807) is 36.5 Å². The molecule has 1 atom stereocenters. The van der Waals surface area contributed by atoms with Gasteiger partial charge < -0.3 is 10.6 Å². The first-order valence-electron chi connectivity index (χ1n) is 8.68. The summed E-state index contributed by atoms with van der Waals surface area (Å²) in [6.07, 6.45) is 2.28. The number of urea groups is 1. The summed E-state index contributed by atoms with van der Waals surface area (Å²) in [4.78, 5) is 40.2. The Kier molecular flexibility index (Phi) is 4.44. The van der Waals surface area contributed by atoms with Crippen LogP contribution < -0.4 is 10.6 Å². The fourth-order valence-electron chi connectivity index (χ4n) is 3.76. The molecule has 1 spiro atoms. The average molecular weight is 404 g/mol. The van der Waals surface area contributed by atoms with Crippen LogP contribution in [0.3, 0.4) is 0 Å². The third kappa shape index (κ3) is 2.91. The third-order valence-electron chi connectivity index (χ3n) is 5.18. The molecule has 1 aromatic heterocycles. The molecule has 1 aliphatic heterocycles. The number of rotatable bonds is 3. The molecule has 2 aliphatic rings. The van der Waals surface area contributed by atoms with Crippen molar-refractivity contribution in [1.29, 1.82) is 0 Å². The van der Waals surface area contributed by atoms with Crippen molar-refractivity contribution in [2.45, 2.75) is 31.7 Å². The largest absolute Gasteiger partial charge is 0.325 e. The Morgan fingerprint density at radius 1 is 1.37 bits per heavy atom. The Morgan fingerprint density at radius 3 is 3.00 bits per heavy atom. The minimum Gasteiger partial charge on any atom is -0.324 e. The van der Waals surface area contributed by atoms with E-state index < -0.39 is 17.5 Å². The van der Waals surface area contributed by atoms with Gasteiger partial charge in [-0.1, -0.05) is 17.7 Å². The molecule has 2 N–H and O–H groups in total. The molecule has 1 saturated heterocycles. The van der Waals surface area contributed by atoms with Crippen molar-refractivity contribution in [3.63, 3.8) is 0 Å². The lowest BCUT2D eigenvalue weighted by Crippen LogP contribution is -2.46. The summed E-state index contributed by atoms with van der Waals surface area (Å²) in [6.45, 7) is 1.46. The van der Waals surface area contributed by atoms with Crippen molar-refractivity contribution in [3.8, 4) is 0 Å². The van der Waals surface area contributed by atoms with Crippen LogP contribution in [-0.2, 0) is 21.5 Å². The highest BCUT2D eigenvalue weighted by Crippen LogP contribution is 2.42. The highest BCUT2D eigenvalue weighted by molar-refractivity contribution is 7.10. The van der Waals surface area contributed by atoms with Crippen molar-refractivity contribution >= 4 is 46.5 Å². The highest BCUT2D eigenvalue weighted by atomic mass is 35.5. The van der Waals surface area contributed by atoms with Gasteiger partial charge in [-0.25, -0.2) is 4.79 Å². The van der Waals surface area contributed by atoms with Crippen molar-refractivity contribution < 1.29 is 14.4 Å². The number of hydrogen-bond acceptors (Lipinski definition) is 4. The molecular weight excluding hydrogens is 386 g/mol. The van der Waals surface area contributed by atoms with E-state index in [0.717, 1.165) is 33.7 Å². The van der Waals surface area contributed by atoms with E-state index in [0.29, 0.717) is 17.1 Å². The normalized spacial score (nSPS) is 21.3. The summed E-state index contributed by atoms with van der Waals surface area (Å²) in [7, 11) is 0. The van der Waals surface area contributed by atoms with Crippen LogP contribution in [0.5, 0.6) is 0 Å². The SMILES string of the molecule is Cc1c(Cl)cccc1NC(=O)CN1C(=O)N[C@]2(CCCc3sccc32)C1=O. The Bertz CT molecular complexity index is 957. The van der Waals surface area contributed by atoms with Gasteiger partial charge in [0.1, 0.15) is 12.1 Å². The first-order chi connectivity index (χ1) is 12.9. The van der Waals surface area contributed by atoms with Crippen molar-refractivity contribution in [3.05, 3.63) is 50.7 Å². The van der Waals surface area contributed by atoms with Crippen LogP contribution in [0.2, 0.25) is 5.02 Å². The van der Waals surface area contributed by atoms with Crippen molar-refractivity contribution in [1.82, 2.24) is 10.2 Å². The third-order valence-corrected chi connectivity index (χ3v) is 6.57. The molecule has 1 fully saturated rings. The molecular formula is C19H18ClN3O3S. The van der Waals surface area contributed by atoms with Gasteiger partial charge in [-0.2, -0.15) is 0 Å². The highest BCUT2D eigenvalue weighted by Gasteiger charge is 2.54. The number of benzene rings is 1. The number of fused-ring (bicyclic) bond motifs is 2. The number of nitrogens with one attached hydrogen (secondary N) is 2. The number of hydrogen-bond donors (Lipinski definition) is 2. The molecule has 1 aliphatic carbocycles. The molecule has 0 unspecified atom stereocenters. The maximum absolute atomic E-state index is 13.1. The van der Waals surface area contributed by atoms with Gasteiger partial charge in [0.05, 0.1) is 0 Å². The van der Waals surface area contributed by atoms with Crippen molar-refractivity contribution in [2.75, 3.05) is 11.9 Å². The van der Waals surface area contributed by atoms with Crippen LogP contribution in [0.25, 0.3) is 0 Å². The Morgan fingerprint density at radius 2 is 2.19 bits per heavy atom. The van der Waals surface area contributed by atoms with Crippen molar-refractivity contribution in [2.24, 2.45) is 0 Å². The fraction of sp³-hybridized carbons (Fsp3) is 0.316. The van der Waals surface area contributed by atoms with Crippen LogP contribution >= 0.6 is 22.9 Å². The Labute approximate surface area is 165 Å². The number of carbonyl (C=O) groups is 3. The molecule has 0 radical (unpaired) electrons. The summed E-state index contributed by atoms with van der Waals surface area (Å²) in [5.41, 5.74) is 1.13. The molecule has 2 aromatic rings. The van der Waals surface area contributed by atoms with Gasteiger partial charge in [0.25, 0.3) is 5.91 Å². The lowest BCUT2D eigenvalue weighted by atomic mass is 9.80. The molecule has 6 nitrogen and oxygen atoms in total. The molecule has 0 bridgehead atoms. The number of thiophene rings is 1. The number of halogens is 1. The Balaban J connectivity index is 1.54. The molecule has 8 heteroatoms. The van der Waals surface area contributed by atoms with E-state index in [1.165, 1.54) is 0 Å². The van der Waals surface area contributed by atoms with E-state index in [2.05, 4.69) is 10.6 Å². The Hall–Kier alpha value is -2.38. The summed E-state index contributed by atoms with van der Waals surface area (Å²) < 4.78 is 0. The monoisotopic (exact) mass is 403 g/mol. The molecule has 0 saturated carbocycles. The van der Waals surface area contributed by atoms with Crippen LogP contribution in [0, 0.1) is 6.92 Å². The van der Waals surface area contributed by atoms with Crippen LogP contribution in [0.4, 0.5) is 10.5 Å². The second-order valence-corrected chi connectivity index (χ2v) is 8.21. The second-order valence-electron chi connectivity index (χ2n) is 6.80. The predicted molar refractivity (Wildman–Crippen MR) is 104 cm³/mol. The van der Waals surface area contributed by atoms with Crippen LogP contribution in [-0.4, -0.2) is 29.3 Å². The first-order valence-corrected chi connectivity index (χ1v) is 9.94. The van der Waals surface area contributed by atoms with E-state index in [1.807, 2.05) is 11.4 Å². The maximum Gasteiger partial charge on any atom is 0.325 e. The molecule has 4 amide bonds. The minimum atomic E-state index is -1.03. The number of carbonyl (C=O) groups excluding carboxylic acids is 3. The summed E-state index contributed by atoms with van der Waals surface area (Å²) >= 11 is 7.66. The van der Waals surface area contributed by atoms with Gasteiger partial charge in [0.15, 0.2) is 0 Å². The minimum absolute atomic E-state index is 0.335. The molecule has 140 valence electrons. The maximum atomic E-state index is 13.1. The quantitative estimate of drug-likeness (QED) is 0.770. The standard InChI is InChI=1S/C19H18ClN3O3S/c1-11-13(20)4-2-5-14(11)21-16(24)10-23-17(25)19(22-18(23)26)8-3-6-15-12(19)7-9-27-15/h2,4-5,7,9H,3,6,8,10H2,1H3,(H,21,24)(H,22,26)/t19-/m0/s1. The summed E-state index contributed by atoms with van der Waals surface area (Å²) in [6, 6.07) is 6.56. The number of nitrogens with zero attached hydrogens (tertiary/aromatic N) is 1. The van der Waals surface area contributed by atoms with Gasteiger partial charge >= 0.3 is 6.03 Å². The number of anilines is 1. The fourth-order valence-corrected chi connectivity index (χ4v) is 4.94. The van der Waals surface area contributed by atoms with Gasteiger partial charge in [-0.05, 0) is 55.3 Å². The smallest absolute Gasteiger partial charge is 0.324 e. The van der Waals surface area contributed by atoms with Crippen LogP contribution in [0.1, 0.15) is 28.8 Å². The van der Waals surface area contributed by atoms with Crippen LogP contribution in [0.15, 0.2) is 29.6 Å². The number of amides is 4. The average Bonchev–Trinajstić information content (AvgIpc) is 3.20.